The maximum absolute atomic E-state index is 13.1. The zero-order chi connectivity index (χ0) is 19.8. The fourth-order valence-corrected chi connectivity index (χ4v) is 3.45. The Morgan fingerprint density at radius 2 is 1.93 bits per heavy atom. The average molecular weight is 376 g/mol. The van der Waals surface area contributed by atoms with Crippen LogP contribution in [0.25, 0.3) is 0 Å². The van der Waals surface area contributed by atoms with Crippen molar-refractivity contribution in [1.29, 1.82) is 0 Å². The van der Waals surface area contributed by atoms with Crippen LogP contribution < -0.4 is 0 Å². The lowest BCUT2D eigenvalue weighted by molar-refractivity contribution is -0.141. The van der Waals surface area contributed by atoms with Crippen molar-refractivity contribution < 1.29 is 9.59 Å². The lowest BCUT2D eigenvalue weighted by Crippen LogP contribution is -2.44. The molecule has 0 saturated heterocycles. The molecular formula is C22H37N3O2. The molecule has 0 radical (unpaired) electrons. The number of unbranched alkanes of at least 4 members (excludes halogenated alkanes) is 3. The van der Waals surface area contributed by atoms with E-state index in [2.05, 4.69) is 31.4 Å². The SMILES string of the molecule is CCCCCCC(=O)N(CC(=O)N(Cc1cccn1C)CC(C)C)C1CC1. The average Bonchev–Trinajstić information content (AvgIpc) is 3.38. The summed E-state index contributed by atoms with van der Waals surface area (Å²) in [4.78, 5) is 29.5. The molecule has 5 heteroatoms. The zero-order valence-corrected chi connectivity index (χ0v) is 17.6. The highest BCUT2D eigenvalue weighted by atomic mass is 16.2. The molecule has 2 rings (SSSR count). The van der Waals surface area contributed by atoms with Gasteiger partial charge in [-0.2, -0.15) is 0 Å². The Morgan fingerprint density at radius 3 is 2.48 bits per heavy atom. The minimum Gasteiger partial charge on any atom is -0.353 e. The molecular weight excluding hydrogens is 338 g/mol. The van der Waals surface area contributed by atoms with Crippen LogP contribution in [0.15, 0.2) is 18.3 Å². The Bertz CT molecular complexity index is 604. The van der Waals surface area contributed by atoms with Gasteiger partial charge in [0, 0.05) is 37.9 Å². The van der Waals surface area contributed by atoms with E-state index in [1.54, 1.807) is 0 Å². The predicted octanol–water partition coefficient (Wildman–Crippen LogP) is 3.97. The molecule has 0 spiro atoms. The molecule has 0 atom stereocenters. The molecule has 0 bridgehead atoms. The standard InChI is InChI=1S/C22H37N3O2/c1-5-6-7-8-11-21(26)25(19-12-13-19)17-22(27)24(15-18(2)3)16-20-10-9-14-23(20)4/h9-10,14,18-19H,5-8,11-13,15-17H2,1-4H3. The Hall–Kier alpha value is -1.78. The quantitative estimate of drug-likeness (QED) is 0.519. The van der Waals surface area contributed by atoms with E-state index < -0.39 is 0 Å². The number of carbonyl (C=O) groups excluding carboxylic acids is 2. The molecule has 1 fully saturated rings. The largest absolute Gasteiger partial charge is 0.353 e. The molecule has 0 N–H and O–H groups in total. The number of aromatic nitrogens is 1. The van der Waals surface area contributed by atoms with Crippen molar-refractivity contribution in [3.63, 3.8) is 0 Å². The van der Waals surface area contributed by atoms with Gasteiger partial charge in [0.25, 0.3) is 0 Å². The van der Waals surface area contributed by atoms with E-state index in [0.717, 1.165) is 31.4 Å². The fraction of sp³-hybridized carbons (Fsp3) is 0.727. The number of aryl methyl sites for hydroxylation is 1. The third kappa shape index (κ3) is 7.04. The smallest absolute Gasteiger partial charge is 0.242 e. The van der Waals surface area contributed by atoms with Crippen molar-refractivity contribution in [2.24, 2.45) is 13.0 Å². The lowest BCUT2D eigenvalue weighted by Gasteiger charge is -2.29. The summed E-state index contributed by atoms with van der Waals surface area (Å²) >= 11 is 0. The van der Waals surface area contributed by atoms with E-state index in [-0.39, 0.29) is 24.4 Å². The first-order chi connectivity index (χ1) is 12.9. The molecule has 0 unspecified atom stereocenters. The third-order valence-electron chi connectivity index (χ3n) is 5.20. The van der Waals surface area contributed by atoms with E-state index in [1.807, 2.05) is 29.1 Å². The van der Waals surface area contributed by atoms with Crippen LogP contribution in [-0.2, 0) is 23.2 Å². The van der Waals surface area contributed by atoms with Gasteiger partial charge in [-0.3, -0.25) is 9.59 Å². The molecule has 27 heavy (non-hydrogen) atoms. The molecule has 1 saturated carbocycles. The zero-order valence-electron chi connectivity index (χ0n) is 17.6. The number of rotatable bonds is 12. The van der Waals surface area contributed by atoms with Crippen molar-refractivity contribution >= 4 is 11.8 Å². The highest BCUT2D eigenvalue weighted by Gasteiger charge is 2.34. The van der Waals surface area contributed by atoms with Crippen molar-refractivity contribution in [3.05, 3.63) is 24.0 Å². The van der Waals surface area contributed by atoms with Gasteiger partial charge >= 0.3 is 0 Å². The van der Waals surface area contributed by atoms with Crippen molar-refractivity contribution in [3.8, 4) is 0 Å². The summed E-state index contributed by atoms with van der Waals surface area (Å²) in [6.07, 6.45) is 9.03. The number of hydrogen-bond donors (Lipinski definition) is 0. The van der Waals surface area contributed by atoms with E-state index in [0.29, 0.717) is 25.4 Å². The predicted molar refractivity (Wildman–Crippen MR) is 109 cm³/mol. The van der Waals surface area contributed by atoms with Crippen LogP contribution in [0.2, 0.25) is 0 Å². The van der Waals surface area contributed by atoms with Gasteiger partial charge in [-0.1, -0.05) is 40.0 Å². The Balaban J connectivity index is 1.97. The second-order valence-corrected chi connectivity index (χ2v) is 8.34. The minimum atomic E-state index is 0.0682. The summed E-state index contributed by atoms with van der Waals surface area (Å²) in [5.74, 6) is 0.623. The van der Waals surface area contributed by atoms with E-state index in [1.165, 1.54) is 12.8 Å². The van der Waals surface area contributed by atoms with Crippen LogP contribution in [0.5, 0.6) is 0 Å². The summed E-state index contributed by atoms with van der Waals surface area (Å²) in [5.41, 5.74) is 1.12. The van der Waals surface area contributed by atoms with Crippen LogP contribution in [0.4, 0.5) is 0 Å². The van der Waals surface area contributed by atoms with Crippen LogP contribution in [0.1, 0.15) is 71.4 Å². The second kappa shape index (κ2) is 10.5. The van der Waals surface area contributed by atoms with Crippen LogP contribution in [-0.4, -0.2) is 45.3 Å². The summed E-state index contributed by atoms with van der Waals surface area (Å²) in [6.45, 7) is 7.98. The molecule has 152 valence electrons. The minimum absolute atomic E-state index is 0.0682. The molecule has 1 heterocycles. The van der Waals surface area contributed by atoms with Gasteiger partial charge in [-0.05, 0) is 37.3 Å². The molecule has 1 aromatic rings. The Labute approximate surface area is 164 Å². The lowest BCUT2D eigenvalue weighted by atomic mass is 10.1. The highest BCUT2D eigenvalue weighted by Crippen LogP contribution is 2.28. The summed E-state index contributed by atoms with van der Waals surface area (Å²) in [5, 5.41) is 0. The Kier molecular flexibility index (Phi) is 8.39. The van der Waals surface area contributed by atoms with Crippen LogP contribution >= 0.6 is 0 Å². The highest BCUT2D eigenvalue weighted by molar-refractivity contribution is 5.85. The molecule has 0 aromatic carbocycles. The van der Waals surface area contributed by atoms with Gasteiger partial charge in [0.15, 0.2) is 0 Å². The topological polar surface area (TPSA) is 45.6 Å². The van der Waals surface area contributed by atoms with Crippen LogP contribution in [0.3, 0.4) is 0 Å². The van der Waals surface area contributed by atoms with Gasteiger partial charge in [0.05, 0.1) is 6.54 Å². The van der Waals surface area contributed by atoms with Crippen LogP contribution in [0, 0.1) is 5.92 Å². The summed E-state index contributed by atoms with van der Waals surface area (Å²) < 4.78 is 2.05. The van der Waals surface area contributed by atoms with Crippen molar-refractivity contribution in [2.75, 3.05) is 13.1 Å². The van der Waals surface area contributed by atoms with E-state index in [4.69, 9.17) is 0 Å². The van der Waals surface area contributed by atoms with Crippen molar-refractivity contribution in [2.45, 2.75) is 78.3 Å². The summed E-state index contributed by atoms with van der Waals surface area (Å²) in [7, 11) is 2.00. The second-order valence-electron chi connectivity index (χ2n) is 8.34. The number of carbonyl (C=O) groups is 2. The molecule has 2 amide bonds. The van der Waals surface area contributed by atoms with Gasteiger partial charge in [0.2, 0.25) is 11.8 Å². The van der Waals surface area contributed by atoms with E-state index in [9.17, 15) is 9.59 Å². The first-order valence-corrected chi connectivity index (χ1v) is 10.6. The monoisotopic (exact) mass is 375 g/mol. The van der Waals surface area contributed by atoms with Gasteiger partial charge in [-0.15, -0.1) is 0 Å². The number of nitrogens with zero attached hydrogens (tertiary/aromatic N) is 3. The fourth-order valence-electron chi connectivity index (χ4n) is 3.45. The van der Waals surface area contributed by atoms with E-state index >= 15 is 0 Å². The Morgan fingerprint density at radius 1 is 1.19 bits per heavy atom. The number of hydrogen-bond acceptors (Lipinski definition) is 2. The maximum atomic E-state index is 13.1. The van der Waals surface area contributed by atoms with Gasteiger partial charge in [-0.25, -0.2) is 0 Å². The molecule has 5 nitrogen and oxygen atoms in total. The van der Waals surface area contributed by atoms with Crippen molar-refractivity contribution in [1.82, 2.24) is 14.4 Å². The first-order valence-electron chi connectivity index (χ1n) is 10.6. The third-order valence-corrected chi connectivity index (χ3v) is 5.20. The molecule has 0 aliphatic heterocycles. The molecule has 1 aliphatic rings. The summed E-state index contributed by atoms with van der Waals surface area (Å²) in [6, 6.07) is 4.34. The molecule has 1 aliphatic carbocycles. The first kappa shape index (κ1) is 21.5. The van der Waals surface area contributed by atoms with Gasteiger partial charge < -0.3 is 14.4 Å². The van der Waals surface area contributed by atoms with Gasteiger partial charge in [0.1, 0.15) is 6.54 Å². The maximum Gasteiger partial charge on any atom is 0.242 e. The number of amides is 2. The molecule has 1 aromatic heterocycles. The normalized spacial score (nSPS) is 13.8.